The molecule has 0 aliphatic heterocycles. The van der Waals surface area contributed by atoms with E-state index in [1.54, 1.807) is 0 Å². The van der Waals surface area contributed by atoms with Crippen LogP contribution in [0.3, 0.4) is 0 Å². The van der Waals surface area contributed by atoms with Crippen LogP contribution in [0.25, 0.3) is 0 Å². The third-order valence-electron chi connectivity index (χ3n) is 2.60. The molecule has 0 unspecified atom stereocenters. The van der Waals surface area contributed by atoms with E-state index in [1.807, 2.05) is 10.3 Å². The summed E-state index contributed by atoms with van der Waals surface area (Å²) in [6, 6.07) is 3.76. The van der Waals surface area contributed by atoms with Crippen molar-refractivity contribution in [1.82, 2.24) is 4.98 Å². The number of rotatable bonds is 2. The maximum Gasteiger partial charge on any atom is 0.417 e. The molecule has 0 saturated carbocycles. The third kappa shape index (κ3) is 3.73. The Bertz CT molecular complexity index is 766. The van der Waals surface area contributed by atoms with Crippen molar-refractivity contribution in [3.63, 3.8) is 0 Å². The lowest BCUT2D eigenvalue weighted by molar-refractivity contribution is -0.137. The molecule has 0 spiro atoms. The molecule has 0 saturated heterocycles. The second-order valence-electron chi connectivity index (χ2n) is 4.24. The molecular weight excluding hydrogens is 372 g/mol. The van der Waals surface area contributed by atoms with Crippen LogP contribution >= 0.6 is 15.9 Å². The van der Waals surface area contributed by atoms with Crippen molar-refractivity contribution in [2.45, 2.75) is 6.18 Å². The van der Waals surface area contributed by atoms with Gasteiger partial charge in [0, 0.05) is 16.2 Å². The van der Waals surface area contributed by atoms with E-state index in [2.05, 4.69) is 15.9 Å². The van der Waals surface area contributed by atoms with E-state index in [0.717, 1.165) is 12.1 Å². The van der Waals surface area contributed by atoms with Crippen LogP contribution in [-0.4, -0.2) is 10.9 Å². The number of benzene rings is 1. The first-order valence-corrected chi connectivity index (χ1v) is 6.53. The maximum atomic E-state index is 13.2. The highest BCUT2D eigenvalue weighted by Crippen LogP contribution is 2.29. The van der Waals surface area contributed by atoms with Crippen molar-refractivity contribution >= 4 is 27.5 Å². The number of carbonyl (C=O) groups is 1. The van der Waals surface area contributed by atoms with Gasteiger partial charge in [0.15, 0.2) is 0 Å². The molecule has 0 aliphatic rings. The van der Waals surface area contributed by atoms with Crippen molar-refractivity contribution < 1.29 is 22.4 Å². The van der Waals surface area contributed by atoms with Gasteiger partial charge in [-0.25, -0.2) is 4.39 Å². The van der Waals surface area contributed by atoms with Gasteiger partial charge in [-0.15, -0.1) is 0 Å². The molecule has 1 aromatic heterocycles. The molecule has 2 N–H and O–H groups in total. The molecular formula is C13H7BrF4N2O2. The molecule has 2 rings (SSSR count). The summed E-state index contributed by atoms with van der Waals surface area (Å²) in [5, 5.41) is 2.02. The zero-order valence-corrected chi connectivity index (χ0v) is 12.2. The van der Waals surface area contributed by atoms with Crippen LogP contribution in [0.2, 0.25) is 0 Å². The zero-order chi connectivity index (χ0) is 16.5. The molecule has 1 heterocycles. The number of hydrogen-bond donors (Lipinski definition) is 2. The standard InChI is InChI=1S/C13H7BrF4N2O2/c14-8-1-6(2-9(15)4-8)11(21)20-10-3-7(13(16,17)18)5-19-12(10)22/h1-5H,(H,19,22)(H,20,21). The minimum atomic E-state index is -4.68. The predicted molar refractivity (Wildman–Crippen MR) is 74.1 cm³/mol. The Morgan fingerprint density at radius 3 is 2.45 bits per heavy atom. The normalized spacial score (nSPS) is 11.3. The molecule has 1 amide bonds. The molecule has 0 radical (unpaired) electrons. The highest BCUT2D eigenvalue weighted by molar-refractivity contribution is 9.10. The van der Waals surface area contributed by atoms with Gasteiger partial charge in [-0.1, -0.05) is 15.9 Å². The van der Waals surface area contributed by atoms with Crippen molar-refractivity contribution in [1.29, 1.82) is 0 Å². The Hall–Kier alpha value is -2.16. The molecule has 2 aromatic rings. The summed E-state index contributed by atoms with van der Waals surface area (Å²) in [6.45, 7) is 0. The lowest BCUT2D eigenvalue weighted by atomic mass is 10.2. The van der Waals surface area contributed by atoms with E-state index in [0.29, 0.717) is 12.3 Å². The average Bonchev–Trinajstić information content (AvgIpc) is 2.38. The van der Waals surface area contributed by atoms with Gasteiger partial charge in [0.2, 0.25) is 0 Å². The largest absolute Gasteiger partial charge is 0.417 e. The highest BCUT2D eigenvalue weighted by atomic mass is 79.9. The van der Waals surface area contributed by atoms with Gasteiger partial charge < -0.3 is 10.3 Å². The number of nitrogens with one attached hydrogen (secondary N) is 2. The topological polar surface area (TPSA) is 62.0 Å². The summed E-state index contributed by atoms with van der Waals surface area (Å²) >= 11 is 2.98. The molecule has 0 fully saturated rings. The number of amides is 1. The van der Waals surface area contributed by atoms with Gasteiger partial charge in [0.1, 0.15) is 11.5 Å². The summed E-state index contributed by atoms with van der Waals surface area (Å²) in [4.78, 5) is 25.3. The monoisotopic (exact) mass is 378 g/mol. The van der Waals surface area contributed by atoms with Crippen LogP contribution in [0.15, 0.2) is 39.7 Å². The van der Waals surface area contributed by atoms with E-state index in [9.17, 15) is 27.2 Å². The number of aromatic nitrogens is 1. The van der Waals surface area contributed by atoms with Crippen molar-refractivity contribution in [3.05, 3.63) is 62.2 Å². The van der Waals surface area contributed by atoms with Gasteiger partial charge in [-0.2, -0.15) is 13.2 Å². The fourth-order valence-corrected chi connectivity index (χ4v) is 2.09. The smallest absolute Gasteiger partial charge is 0.327 e. The van der Waals surface area contributed by atoms with Crippen LogP contribution in [-0.2, 0) is 6.18 Å². The number of halogens is 5. The van der Waals surface area contributed by atoms with E-state index in [1.165, 1.54) is 6.07 Å². The van der Waals surface area contributed by atoms with Crippen LogP contribution < -0.4 is 10.9 Å². The molecule has 1 aromatic carbocycles. The molecule has 9 heteroatoms. The Labute approximate surface area is 129 Å². The molecule has 4 nitrogen and oxygen atoms in total. The number of pyridine rings is 1. The highest BCUT2D eigenvalue weighted by Gasteiger charge is 2.31. The quantitative estimate of drug-likeness (QED) is 0.785. The second kappa shape index (κ2) is 5.91. The first-order valence-electron chi connectivity index (χ1n) is 5.74. The molecule has 116 valence electrons. The van der Waals surface area contributed by atoms with Gasteiger partial charge in [-0.3, -0.25) is 9.59 Å². The summed E-state index contributed by atoms with van der Waals surface area (Å²) in [6.07, 6.45) is -4.18. The molecule has 0 aliphatic carbocycles. The van der Waals surface area contributed by atoms with E-state index >= 15 is 0 Å². The number of alkyl halides is 3. The van der Waals surface area contributed by atoms with Crippen LogP contribution in [0, 0.1) is 5.82 Å². The summed E-state index contributed by atoms with van der Waals surface area (Å²) in [5.41, 5.74) is -2.76. The van der Waals surface area contributed by atoms with Crippen LogP contribution in [0.4, 0.5) is 23.2 Å². The van der Waals surface area contributed by atoms with Crippen molar-refractivity contribution in [2.75, 3.05) is 5.32 Å². The summed E-state index contributed by atoms with van der Waals surface area (Å²) < 4.78 is 51.2. The Kier molecular flexibility index (Phi) is 4.36. The van der Waals surface area contributed by atoms with E-state index in [-0.39, 0.29) is 10.0 Å². The Morgan fingerprint density at radius 2 is 1.86 bits per heavy atom. The van der Waals surface area contributed by atoms with Crippen LogP contribution in [0.1, 0.15) is 15.9 Å². The minimum absolute atomic E-state index is 0.149. The fourth-order valence-electron chi connectivity index (χ4n) is 1.62. The number of hydrogen-bond acceptors (Lipinski definition) is 2. The SMILES string of the molecule is O=C(Nc1cc(C(F)(F)F)c[nH]c1=O)c1cc(F)cc(Br)c1. The van der Waals surface area contributed by atoms with Gasteiger partial charge >= 0.3 is 6.18 Å². The van der Waals surface area contributed by atoms with Gasteiger partial charge in [-0.05, 0) is 24.3 Å². The maximum absolute atomic E-state index is 13.2. The second-order valence-corrected chi connectivity index (χ2v) is 5.16. The van der Waals surface area contributed by atoms with Crippen molar-refractivity contribution in [2.24, 2.45) is 0 Å². The minimum Gasteiger partial charge on any atom is -0.327 e. The molecule has 0 bridgehead atoms. The zero-order valence-electron chi connectivity index (χ0n) is 10.6. The number of anilines is 1. The van der Waals surface area contributed by atoms with Gasteiger partial charge in [0.25, 0.3) is 11.5 Å². The van der Waals surface area contributed by atoms with Gasteiger partial charge in [0.05, 0.1) is 5.56 Å². The first-order chi connectivity index (χ1) is 10.2. The molecule has 22 heavy (non-hydrogen) atoms. The number of aromatic amines is 1. The van der Waals surface area contributed by atoms with E-state index in [4.69, 9.17) is 0 Å². The fraction of sp³-hybridized carbons (Fsp3) is 0.0769. The lowest BCUT2D eigenvalue weighted by Crippen LogP contribution is -2.21. The van der Waals surface area contributed by atoms with Crippen LogP contribution in [0.5, 0.6) is 0 Å². The first kappa shape index (κ1) is 16.2. The predicted octanol–water partition coefficient (Wildman–Crippen LogP) is 3.55. The summed E-state index contributed by atoms with van der Waals surface area (Å²) in [5.74, 6) is -1.62. The Morgan fingerprint density at radius 1 is 1.18 bits per heavy atom. The summed E-state index contributed by atoms with van der Waals surface area (Å²) in [7, 11) is 0. The third-order valence-corrected chi connectivity index (χ3v) is 3.06. The Balaban J connectivity index is 2.34. The lowest BCUT2D eigenvalue weighted by Gasteiger charge is -2.09. The van der Waals surface area contributed by atoms with Crippen molar-refractivity contribution in [3.8, 4) is 0 Å². The number of carbonyl (C=O) groups excluding carboxylic acids is 1. The number of H-pyrrole nitrogens is 1. The molecule has 0 atom stereocenters. The average molecular weight is 379 g/mol. The van der Waals surface area contributed by atoms with E-state index < -0.39 is 34.7 Å².